The number of piperidine rings is 1. The summed E-state index contributed by atoms with van der Waals surface area (Å²) in [5, 5.41) is 6.65. The van der Waals surface area contributed by atoms with Crippen LogP contribution in [0.1, 0.15) is 40.5 Å². The van der Waals surface area contributed by atoms with Gasteiger partial charge in [0.2, 0.25) is 5.91 Å². The highest BCUT2D eigenvalue weighted by Gasteiger charge is 2.37. The summed E-state index contributed by atoms with van der Waals surface area (Å²) in [6.07, 6.45) is 2.42. The van der Waals surface area contributed by atoms with Crippen molar-refractivity contribution in [3.63, 3.8) is 0 Å². The largest absolute Gasteiger partial charge is 0.384 e. The first-order valence-corrected chi connectivity index (χ1v) is 9.74. The van der Waals surface area contributed by atoms with E-state index in [9.17, 15) is 4.79 Å². The quantitative estimate of drug-likeness (QED) is 0.650. The first kappa shape index (κ1) is 26.9. The van der Waals surface area contributed by atoms with Crippen LogP contribution in [0.15, 0.2) is 0 Å². The Morgan fingerprint density at radius 1 is 1.22 bits per heavy atom. The second-order valence-electron chi connectivity index (χ2n) is 8.30. The van der Waals surface area contributed by atoms with E-state index < -0.39 is 0 Å². The molecular weight excluding hydrogens is 389 g/mol. The maximum absolute atomic E-state index is 13.0. The van der Waals surface area contributed by atoms with Crippen molar-refractivity contribution in [2.75, 3.05) is 46.4 Å². The highest BCUT2D eigenvalue weighted by Crippen LogP contribution is 2.28. The molecule has 2 rings (SSSR count). The number of carbonyl (C=O) groups excluding carboxylic acids is 1. The van der Waals surface area contributed by atoms with Crippen molar-refractivity contribution in [2.45, 2.75) is 58.8 Å². The van der Waals surface area contributed by atoms with Gasteiger partial charge in [-0.2, -0.15) is 0 Å². The first-order chi connectivity index (χ1) is 11.9. The number of amides is 1. The van der Waals surface area contributed by atoms with Gasteiger partial charge in [0.25, 0.3) is 0 Å². The fraction of sp³-hybridized carbons (Fsp3) is 0.947. The van der Waals surface area contributed by atoms with E-state index >= 15 is 0 Å². The maximum atomic E-state index is 13.0. The molecule has 0 aromatic carbocycles. The molecule has 0 radical (unpaired) electrons. The number of morpholine rings is 1. The summed E-state index contributed by atoms with van der Waals surface area (Å²) in [5.41, 5.74) is 0.0583. The molecular formula is C19H39Cl2N3O3. The van der Waals surface area contributed by atoms with Gasteiger partial charge in [-0.3, -0.25) is 9.69 Å². The number of halogens is 2. The lowest BCUT2D eigenvalue weighted by Crippen LogP contribution is -2.58. The van der Waals surface area contributed by atoms with Crippen LogP contribution in [0.4, 0.5) is 0 Å². The Labute approximate surface area is 177 Å². The summed E-state index contributed by atoms with van der Waals surface area (Å²) in [6, 6.07) is -0.102. The third-order valence-electron chi connectivity index (χ3n) is 5.49. The van der Waals surface area contributed by atoms with E-state index in [0.29, 0.717) is 13.2 Å². The van der Waals surface area contributed by atoms with E-state index in [1.807, 2.05) is 0 Å². The summed E-state index contributed by atoms with van der Waals surface area (Å²) < 4.78 is 11.3. The summed E-state index contributed by atoms with van der Waals surface area (Å²) in [4.78, 5) is 15.3. The number of rotatable bonds is 7. The van der Waals surface area contributed by atoms with Crippen molar-refractivity contribution in [2.24, 2.45) is 11.3 Å². The number of hydrogen-bond acceptors (Lipinski definition) is 5. The molecule has 3 unspecified atom stereocenters. The van der Waals surface area contributed by atoms with Gasteiger partial charge in [-0.05, 0) is 45.7 Å². The third-order valence-corrected chi connectivity index (χ3v) is 5.49. The molecule has 2 saturated heterocycles. The van der Waals surface area contributed by atoms with Crippen LogP contribution >= 0.6 is 24.8 Å². The van der Waals surface area contributed by atoms with Gasteiger partial charge in [-0.15, -0.1) is 24.8 Å². The fourth-order valence-corrected chi connectivity index (χ4v) is 4.35. The van der Waals surface area contributed by atoms with E-state index in [1.54, 1.807) is 7.11 Å². The average Bonchev–Trinajstić information content (AvgIpc) is 2.53. The Kier molecular flexibility index (Phi) is 12.4. The van der Waals surface area contributed by atoms with Gasteiger partial charge in [-0.1, -0.05) is 13.8 Å². The Bertz CT molecular complexity index is 419. The van der Waals surface area contributed by atoms with Gasteiger partial charge in [0.15, 0.2) is 0 Å². The van der Waals surface area contributed by atoms with Crippen molar-refractivity contribution in [1.29, 1.82) is 0 Å². The van der Waals surface area contributed by atoms with Crippen LogP contribution in [0, 0.1) is 11.3 Å². The number of ether oxygens (including phenoxy) is 2. The molecule has 0 spiro atoms. The summed E-state index contributed by atoms with van der Waals surface area (Å²) >= 11 is 0. The molecule has 1 amide bonds. The topological polar surface area (TPSA) is 62.8 Å². The lowest BCUT2D eigenvalue weighted by molar-refractivity contribution is -0.136. The molecule has 8 heteroatoms. The second kappa shape index (κ2) is 12.5. The Morgan fingerprint density at radius 2 is 1.78 bits per heavy atom. The molecule has 27 heavy (non-hydrogen) atoms. The SMILES string of the molecule is COCC1(CNC(=O)C(C(C)C)N2CC(C)OC(C)C2)CCNCC1.Cl.Cl. The maximum Gasteiger partial charge on any atom is 0.237 e. The van der Waals surface area contributed by atoms with Gasteiger partial charge in [0, 0.05) is 32.2 Å². The Morgan fingerprint density at radius 3 is 2.26 bits per heavy atom. The number of nitrogens with one attached hydrogen (secondary N) is 2. The molecule has 0 saturated carbocycles. The lowest BCUT2D eigenvalue weighted by atomic mass is 9.79. The molecule has 6 nitrogen and oxygen atoms in total. The smallest absolute Gasteiger partial charge is 0.237 e. The first-order valence-electron chi connectivity index (χ1n) is 9.74. The van der Waals surface area contributed by atoms with Crippen LogP contribution in [0.5, 0.6) is 0 Å². The Hall–Kier alpha value is -0.110. The molecule has 2 fully saturated rings. The predicted molar refractivity (Wildman–Crippen MR) is 114 cm³/mol. The van der Waals surface area contributed by atoms with Crippen molar-refractivity contribution in [3.05, 3.63) is 0 Å². The predicted octanol–water partition coefficient (Wildman–Crippen LogP) is 2.10. The Balaban J connectivity index is 0.00000338. The number of methoxy groups -OCH3 is 1. The number of hydrogen-bond donors (Lipinski definition) is 2. The molecule has 2 heterocycles. The fourth-order valence-electron chi connectivity index (χ4n) is 4.35. The van der Waals surface area contributed by atoms with Gasteiger partial charge < -0.3 is 20.1 Å². The molecule has 2 N–H and O–H groups in total. The summed E-state index contributed by atoms with van der Waals surface area (Å²) in [5.74, 6) is 0.411. The highest BCUT2D eigenvalue weighted by molar-refractivity contribution is 5.85. The molecule has 2 aliphatic rings. The zero-order chi connectivity index (χ0) is 18.4. The summed E-state index contributed by atoms with van der Waals surface area (Å²) in [7, 11) is 1.75. The van der Waals surface area contributed by atoms with Crippen LogP contribution in [-0.2, 0) is 14.3 Å². The van der Waals surface area contributed by atoms with Gasteiger partial charge in [0.1, 0.15) is 0 Å². The van der Waals surface area contributed by atoms with Gasteiger partial charge in [0.05, 0.1) is 24.9 Å². The molecule has 162 valence electrons. The zero-order valence-electron chi connectivity index (χ0n) is 17.5. The molecule has 2 aliphatic heterocycles. The van der Waals surface area contributed by atoms with E-state index in [-0.39, 0.29) is 60.3 Å². The van der Waals surface area contributed by atoms with Crippen LogP contribution in [0.25, 0.3) is 0 Å². The second-order valence-corrected chi connectivity index (χ2v) is 8.30. The van der Waals surface area contributed by atoms with E-state index in [4.69, 9.17) is 9.47 Å². The standard InChI is InChI=1S/C19H37N3O3.2ClH/c1-14(2)17(22-10-15(3)25-16(4)11-22)18(23)21-12-19(13-24-5)6-8-20-9-7-19;;/h14-17,20H,6-13H2,1-5H3,(H,21,23);2*1H. The molecule has 0 bridgehead atoms. The number of nitrogens with zero attached hydrogens (tertiary/aromatic N) is 1. The molecule has 0 aromatic heterocycles. The minimum Gasteiger partial charge on any atom is -0.384 e. The van der Waals surface area contributed by atoms with Crippen molar-refractivity contribution >= 4 is 30.7 Å². The van der Waals surface area contributed by atoms with Crippen LogP contribution < -0.4 is 10.6 Å². The van der Waals surface area contributed by atoms with E-state index in [0.717, 1.165) is 39.0 Å². The van der Waals surface area contributed by atoms with Crippen LogP contribution in [0.2, 0.25) is 0 Å². The molecule has 3 atom stereocenters. The third kappa shape index (κ3) is 7.67. The summed E-state index contributed by atoms with van der Waals surface area (Å²) in [6.45, 7) is 13.4. The van der Waals surface area contributed by atoms with Gasteiger partial charge >= 0.3 is 0 Å². The molecule has 0 aliphatic carbocycles. The monoisotopic (exact) mass is 427 g/mol. The van der Waals surface area contributed by atoms with Crippen molar-refractivity contribution < 1.29 is 14.3 Å². The zero-order valence-corrected chi connectivity index (χ0v) is 19.1. The normalized spacial score (nSPS) is 26.6. The van der Waals surface area contributed by atoms with Gasteiger partial charge in [-0.25, -0.2) is 0 Å². The van der Waals surface area contributed by atoms with E-state index in [2.05, 4.69) is 43.2 Å². The van der Waals surface area contributed by atoms with Crippen LogP contribution in [-0.4, -0.2) is 75.5 Å². The lowest BCUT2D eigenvalue weighted by Gasteiger charge is -2.42. The molecule has 0 aromatic rings. The van der Waals surface area contributed by atoms with Crippen molar-refractivity contribution in [3.8, 4) is 0 Å². The minimum absolute atomic E-state index is 0. The highest BCUT2D eigenvalue weighted by atomic mass is 35.5. The average molecular weight is 428 g/mol. The van der Waals surface area contributed by atoms with Crippen LogP contribution in [0.3, 0.4) is 0 Å². The number of carbonyl (C=O) groups is 1. The van der Waals surface area contributed by atoms with Crippen molar-refractivity contribution in [1.82, 2.24) is 15.5 Å². The van der Waals surface area contributed by atoms with E-state index in [1.165, 1.54) is 0 Å². The minimum atomic E-state index is -0.102.